The summed E-state index contributed by atoms with van der Waals surface area (Å²) in [6, 6.07) is 0.881. The summed E-state index contributed by atoms with van der Waals surface area (Å²) in [5.41, 5.74) is 5.84. The molecule has 0 aliphatic heterocycles. The van der Waals surface area contributed by atoms with Crippen molar-refractivity contribution in [1.82, 2.24) is 4.90 Å². The Balaban J connectivity index is 2.63. The van der Waals surface area contributed by atoms with Crippen LogP contribution in [0.25, 0.3) is 0 Å². The summed E-state index contributed by atoms with van der Waals surface area (Å²) >= 11 is 0. The van der Waals surface area contributed by atoms with Gasteiger partial charge in [0, 0.05) is 6.04 Å². The van der Waals surface area contributed by atoms with Gasteiger partial charge in [0.1, 0.15) is 0 Å². The van der Waals surface area contributed by atoms with Gasteiger partial charge in [0.25, 0.3) is 0 Å². The van der Waals surface area contributed by atoms with Gasteiger partial charge in [0.2, 0.25) is 0 Å². The van der Waals surface area contributed by atoms with Crippen LogP contribution in [0.5, 0.6) is 0 Å². The fourth-order valence-electron chi connectivity index (χ4n) is 2.75. The van der Waals surface area contributed by atoms with Gasteiger partial charge in [0.05, 0.1) is 6.04 Å². The van der Waals surface area contributed by atoms with Crippen molar-refractivity contribution >= 4 is 0 Å². The topological polar surface area (TPSA) is 29.3 Å². The van der Waals surface area contributed by atoms with E-state index in [4.69, 9.17) is 12.2 Å². The summed E-state index contributed by atoms with van der Waals surface area (Å²) in [4.78, 5) is 2.37. The van der Waals surface area contributed by atoms with E-state index < -0.39 is 0 Å². The van der Waals surface area contributed by atoms with Gasteiger partial charge in [-0.3, -0.25) is 4.90 Å². The summed E-state index contributed by atoms with van der Waals surface area (Å²) < 4.78 is 0. The van der Waals surface area contributed by atoms with Crippen LogP contribution in [-0.2, 0) is 0 Å². The van der Waals surface area contributed by atoms with Crippen LogP contribution in [0.3, 0.4) is 0 Å². The largest absolute Gasteiger partial charge is 0.330 e. The molecule has 0 aromatic rings. The SMILES string of the molecule is C#CC(CC)N(C)C1CCCCC1CN. The molecule has 3 unspecified atom stereocenters. The quantitative estimate of drug-likeness (QED) is 0.714. The van der Waals surface area contributed by atoms with Gasteiger partial charge >= 0.3 is 0 Å². The van der Waals surface area contributed by atoms with Gasteiger partial charge in [-0.1, -0.05) is 25.7 Å². The van der Waals surface area contributed by atoms with Crippen molar-refractivity contribution in [2.24, 2.45) is 11.7 Å². The molecule has 1 saturated carbocycles. The molecule has 2 N–H and O–H groups in total. The van der Waals surface area contributed by atoms with E-state index in [1.807, 2.05) is 0 Å². The Kier molecular flexibility index (Phi) is 5.14. The van der Waals surface area contributed by atoms with E-state index in [1.54, 1.807) is 0 Å². The fraction of sp³-hybridized carbons (Fsp3) is 0.846. The van der Waals surface area contributed by atoms with Crippen molar-refractivity contribution in [3.63, 3.8) is 0 Å². The normalized spacial score (nSPS) is 28.7. The van der Waals surface area contributed by atoms with E-state index in [1.165, 1.54) is 25.7 Å². The smallest absolute Gasteiger partial charge is 0.0709 e. The average Bonchev–Trinajstić information content (AvgIpc) is 2.30. The molecule has 1 rings (SSSR count). The fourth-order valence-corrected chi connectivity index (χ4v) is 2.75. The second-order valence-corrected chi connectivity index (χ2v) is 4.60. The Morgan fingerprint density at radius 1 is 1.47 bits per heavy atom. The second-order valence-electron chi connectivity index (χ2n) is 4.60. The molecule has 86 valence electrons. The van der Waals surface area contributed by atoms with Crippen molar-refractivity contribution in [3.8, 4) is 12.3 Å². The minimum Gasteiger partial charge on any atom is -0.330 e. The van der Waals surface area contributed by atoms with Gasteiger partial charge < -0.3 is 5.73 Å². The molecule has 0 heterocycles. The molecule has 2 nitrogen and oxygen atoms in total. The lowest BCUT2D eigenvalue weighted by Crippen LogP contribution is -2.47. The number of rotatable bonds is 4. The number of nitrogens with zero attached hydrogens (tertiary/aromatic N) is 1. The number of nitrogens with two attached hydrogens (primary N) is 1. The van der Waals surface area contributed by atoms with E-state index in [0.29, 0.717) is 12.0 Å². The minimum absolute atomic E-state index is 0.280. The van der Waals surface area contributed by atoms with Gasteiger partial charge in [-0.05, 0) is 38.8 Å². The zero-order valence-electron chi connectivity index (χ0n) is 10.1. The number of hydrogen-bond acceptors (Lipinski definition) is 2. The van der Waals surface area contributed by atoms with Crippen LogP contribution in [-0.4, -0.2) is 30.6 Å². The lowest BCUT2D eigenvalue weighted by atomic mass is 9.83. The first-order chi connectivity index (χ1) is 7.24. The molecule has 1 fully saturated rings. The van der Waals surface area contributed by atoms with Crippen molar-refractivity contribution in [2.45, 2.75) is 51.1 Å². The first-order valence-corrected chi connectivity index (χ1v) is 6.12. The highest BCUT2D eigenvalue weighted by molar-refractivity contribution is 5.01. The highest BCUT2D eigenvalue weighted by Crippen LogP contribution is 2.28. The molecule has 0 bridgehead atoms. The highest BCUT2D eigenvalue weighted by Gasteiger charge is 2.29. The van der Waals surface area contributed by atoms with E-state index in [9.17, 15) is 0 Å². The van der Waals surface area contributed by atoms with Gasteiger partial charge in [-0.15, -0.1) is 6.42 Å². The van der Waals surface area contributed by atoms with Crippen LogP contribution in [0.2, 0.25) is 0 Å². The second kappa shape index (κ2) is 6.15. The summed E-state index contributed by atoms with van der Waals surface area (Å²) in [7, 11) is 2.16. The van der Waals surface area contributed by atoms with Crippen LogP contribution in [0, 0.1) is 18.3 Å². The molecule has 0 aromatic carbocycles. The van der Waals surface area contributed by atoms with E-state index in [2.05, 4.69) is 24.8 Å². The molecular formula is C13H24N2. The Hall–Kier alpha value is -0.520. The molecule has 0 radical (unpaired) electrons. The first kappa shape index (κ1) is 12.5. The molecule has 0 amide bonds. The van der Waals surface area contributed by atoms with Crippen LogP contribution < -0.4 is 5.73 Å². The molecule has 0 saturated heterocycles. The third-order valence-electron chi connectivity index (χ3n) is 3.77. The summed E-state index contributed by atoms with van der Waals surface area (Å²) in [6.07, 6.45) is 11.8. The zero-order chi connectivity index (χ0) is 11.3. The summed E-state index contributed by atoms with van der Waals surface area (Å²) in [5, 5.41) is 0. The standard InChI is InChI=1S/C13H24N2/c1-4-12(5-2)15(3)13-9-7-6-8-11(13)10-14/h1,11-13H,5-10,14H2,2-3H3. The lowest BCUT2D eigenvalue weighted by molar-refractivity contribution is 0.111. The summed E-state index contributed by atoms with van der Waals surface area (Å²) in [6.45, 7) is 2.96. The predicted octanol–water partition coefficient (Wildman–Crippen LogP) is 1.85. The zero-order valence-corrected chi connectivity index (χ0v) is 10.1. The van der Waals surface area contributed by atoms with Crippen LogP contribution in [0.1, 0.15) is 39.0 Å². The predicted molar refractivity (Wildman–Crippen MR) is 65.5 cm³/mol. The van der Waals surface area contributed by atoms with Crippen molar-refractivity contribution in [2.75, 3.05) is 13.6 Å². The van der Waals surface area contributed by atoms with Crippen molar-refractivity contribution < 1.29 is 0 Å². The van der Waals surface area contributed by atoms with E-state index >= 15 is 0 Å². The molecular weight excluding hydrogens is 184 g/mol. The first-order valence-electron chi connectivity index (χ1n) is 6.12. The Morgan fingerprint density at radius 2 is 2.13 bits per heavy atom. The highest BCUT2D eigenvalue weighted by atomic mass is 15.2. The van der Waals surface area contributed by atoms with Crippen LogP contribution >= 0.6 is 0 Å². The maximum Gasteiger partial charge on any atom is 0.0709 e. The van der Waals surface area contributed by atoms with Crippen LogP contribution in [0.4, 0.5) is 0 Å². The Labute approximate surface area is 94.2 Å². The molecule has 1 aliphatic carbocycles. The van der Waals surface area contributed by atoms with Gasteiger partial charge in [0.15, 0.2) is 0 Å². The monoisotopic (exact) mass is 208 g/mol. The maximum atomic E-state index is 5.84. The maximum absolute atomic E-state index is 5.84. The molecule has 0 aromatic heterocycles. The summed E-state index contributed by atoms with van der Waals surface area (Å²) in [5.74, 6) is 3.52. The lowest BCUT2D eigenvalue weighted by Gasteiger charge is -2.39. The average molecular weight is 208 g/mol. The number of terminal acetylenes is 1. The van der Waals surface area contributed by atoms with E-state index in [-0.39, 0.29) is 6.04 Å². The minimum atomic E-state index is 0.280. The van der Waals surface area contributed by atoms with E-state index in [0.717, 1.165) is 13.0 Å². The van der Waals surface area contributed by atoms with Crippen molar-refractivity contribution in [1.29, 1.82) is 0 Å². The third kappa shape index (κ3) is 2.96. The molecule has 2 heteroatoms. The molecule has 15 heavy (non-hydrogen) atoms. The molecule has 1 aliphatic rings. The third-order valence-corrected chi connectivity index (χ3v) is 3.77. The molecule has 3 atom stereocenters. The van der Waals surface area contributed by atoms with Crippen molar-refractivity contribution in [3.05, 3.63) is 0 Å². The Morgan fingerprint density at radius 3 is 2.67 bits per heavy atom. The molecule has 0 spiro atoms. The van der Waals surface area contributed by atoms with Gasteiger partial charge in [-0.2, -0.15) is 0 Å². The van der Waals surface area contributed by atoms with Crippen LogP contribution in [0.15, 0.2) is 0 Å². The number of hydrogen-bond donors (Lipinski definition) is 1. The Bertz CT molecular complexity index is 219. The van der Waals surface area contributed by atoms with Gasteiger partial charge in [-0.25, -0.2) is 0 Å².